The van der Waals surface area contributed by atoms with E-state index < -0.39 is 0 Å². The van der Waals surface area contributed by atoms with Gasteiger partial charge in [0.15, 0.2) is 0 Å². The van der Waals surface area contributed by atoms with E-state index in [9.17, 15) is 0 Å². The van der Waals surface area contributed by atoms with Crippen LogP contribution in [0.25, 0.3) is 0 Å². The van der Waals surface area contributed by atoms with Crippen LogP contribution in [-0.2, 0) is 0 Å². The van der Waals surface area contributed by atoms with Crippen molar-refractivity contribution in [2.45, 2.75) is 64.5 Å². The zero-order valence-electron chi connectivity index (χ0n) is 12.2. The third kappa shape index (κ3) is 2.46. The fourth-order valence-electron chi connectivity index (χ4n) is 4.83. The Morgan fingerprint density at radius 2 is 2.17 bits per heavy atom. The monoisotopic (exact) mass is 250 g/mol. The second kappa shape index (κ2) is 5.50. The highest BCUT2D eigenvalue weighted by molar-refractivity contribution is 4.95. The molecule has 2 aliphatic carbocycles. The molecule has 2 heteroatoms. The molecule has 2 saturated carbocycles. The standard InChI is InChI=1S/C16H30N2/c1-3-15-11-18(8-4-7-17-15)12(2)16-10-13-5-6-14(16)9-13/h12-17H,3-11H2,1-2H3. The molecule has 3 rings (SSSR count). The molecule has 0 aromatic rings. The van der Waals surface area contributed by atoms with Crippen molar-refractivity contribution in [2.75, 3.05) is 19.6 Å². The first-order valence-corrected chi connectivity index (χ1v) is 8.25. The number of nitrogens with one attached hydrogen (secondary N) is 1. The third-order valence-corrected chi connectivity index (χ3v) is 5.99. The quantitative estimate of drug-likeness (QED) is 0.828. The molecule has 3 aliphatic rings. The van der Waals surface area contributed by atoms with Crippen molar-refractivity contribution >= 4 is 0 Å². The highest BCUT2D eigenvalue weighted by atomic mass is 15.2. The van der Waals surface area contributed by atoms with Gasteiger partial charge in [-0.3, -0.25) is 4.90 Å². The molecular formula is C16H30N2. The minimum atomic E-state index is 0.730. The van der Waals surface area contributed by atoms with Gasteiger partial charge in [-0.1, -0.05) is 13.3 Å². The van der Waals surface area contributed by atoms with Crippen LogP contribution in [0.5, 0.6) is 0 Å². The first kappa shape index (κ1) is 12.9. The Kier molecular flexibility index (Phi) is 3.95. The Bertz CT molecular complexity index is 278. The summed E-state index contributed by atoms with van der Waals surface area (Å²) in [7, 11) is 0. The Labute approximate surface area is 113 Å². The van der Waals surface area contributed by atoms with E-state index in [1.54, 1.807) is 6.42 Å². The lowest BCUT2D eigenvalue weighted by molar-refractivity contribution is 0.117. The van der Waals surface area contributed by atoms with Crippen LogP contribution in [0.3, 0.4) is 0 Å². The Morgan fingerprint density at radius 1 is 1.28 bits per heavy atom. The maximum absolute atomic E-state index is 3.70. The topological polar surface area (TPSA) is 15.3 Å². The average Bonchev–Trinajstić information content (AvgIpc) is 2.93. The summed E-state index contributed by atoms with van der Waals surface area (Å²) in [4.78, 5) is 2.81. The zero-order valence-corrected chi connectivity index (χ0v) is 12.2. The van der Waals surface area contributed by atoms with E-state index in [4.69, 9.17) is 0 Å². The second-order valence-corrected chi connectivity index (χ2v) is 6.99. The van der Waals surface area contributed by atoms with E-state index >= 15 is 0 Å². The van der Waals surface area contributed by atoms with Gasteiger partial charge in [-0.2, -0.15) is 0 Å². The smallest absolute Gasteiger partial charge is 0.0192 e. The first-order chi connectivity index (χ1) is 8.78. The van der Waals surface area contributed by atoms with Gasteiger partial charge < -0.3 is 5.32 Å². The van der Waals surface area contributed by atoms with E-state index in [2.05, 4.69) is 24.1 Å². The first-order valence-electron chi connectivity index (χ1n) is 8.25. The molecule has 0 spiro atoms. The molecule has 5 atom stereocenters. The summed E-state index contributed by atoms with van der Waals surface area (Å²) < 4.78 is 0. The molecule has 1 saturated heterocycles. The van der Waals surface area contributed by atoms with Crippen LogP contribution in [-0.4, -0.2) is 36.6 Å². The Morgan fingerprint density at radius 3 is 2.83 bits per heavy atom. The van der Waals surface area contributed by atoms with Gasteiger partial charge in [-0.05, 0) is 69.9 Å². The summed E-state index contributed by atoms with van der Waals surface area (Å²) >= 11 is 0. The van der Waals surface area contributed by atoms with Crippen LogP contribution in [0.2, 0.25) is 0 Å². The molecule has 0 aromatic carbocycles. The van der Waals surface area contributed by atoms with E-state index in [0.29, 0.717) is 0 Å². The molecule has 1 N–H and O–H groups in total. The van der Waals surface area contributed by atoms with Gasteiger partial charge >= 0.3 is 0 Å². The average molecular weight is 250 g/mol. The molecule has 0 amide bonds. The van der Waals surface area contributed by atoms with Crippen LogP contribution in [0.15, 0.2) is 0 Å². The molecule has 5 unspecified atom stereocenters. The Balaban J connectivity index is 1.62. The maximum atomic E-state index is 3.70. The second-order valence-electron chi connectivity index (χ2n) is 6.99. The van der Waals surface area contributed by atoms with Crippen molar-refractivity contribution in [1.82, 2.24) is 10.2 Å². The number of hydrogen-bond donors (Lipinski definition) is 1. The number of fused-ring (bicyclic) bond motifs is 2. The van der Waals surface area contributed by atoms with Gasteiger partial charge in [0.25, 0.3) is 0 Å². The maximum Gasteiger partial charge on any atom is 0.0192 e. The summed E-state index contributed by atoms with van der Waals surface area (Å²) in [6.07, 6.45) is 8.77. The predicted molar refractivity (Wildman–Crippen MR) is 76.7 cm³/mol. The fourth-order valence-corrected chi connectivity index (χ4v) is 4.83. The summed E-state index contributed by atoms with van der Waals surface area (Å²) in [5.74, 6) is 3.18. The third-order valence-electron chi connectivity index (χ3n) is 5.99. The summed E-state index contributed by atoms with van der Waals surface area (Å²) in [5.41, 5.74) is 0. The van der Waals surface area contributed by atoms with Crippen molar-refractivity contribution in [3.63, 3.8) is 0 Å². The van der Waals surface area contributed by atoms with Crippen molar-refractivity contribution < 1.29 is 0 Å². The molecule has 1 heterocycles. The van der Waals surface area contributed by atoms with Gasteiger partial charge in [0.05, 0.1) is 0 Å². The van der Waals surface area contributed by atoms with Crippen LogP contribution >= 0.6 is 0 Å². The lowest BCUT2D eigenvalue weighted by Gasteiger charge is -2.37. The number of rotatable bonds is 3. The molecular weight excluding hydrogens is 220 g/mol. The Hall–Kier alpha value is -0.0800. The SMILES string of the molecule is CCC1CN(C(C)C2CC3CCC2C3)CCCN1. The van der Waals surface area contributed by atoms with Crippen molar-refractivity contribution in [3.05, 3.63) is 0 Å². The number of hydrogen-bond acceptors (Lipinski definition) is 2. The normalized spacial score (nSPS) is 43.0. The summed E-state index contributed by atoms with van der Waals surface area (Å²) in [6.45, 7) is 8.66. The van der Waals surface area contributed by atoms with E-state index in [1.165, 1.54) is 51.7 Å². The molecule has 0 radical (unpaired) electrons. The zero-order chi connectivity index (χ0) is 12.5. The van der Waals surface area contributed by atoms with E-state index in [1.807, 2.05) is 0 Å². The lowest BCUT2D eigenvalue weighted by Crippen LogP contribution is -2.45. The van der Waals surface area contributed by atoms with E-state index in [-0.39, 0.29) is 0 Å². The van der Waals surface area contributed by atoms with Crippen LogP contribution < -0.4 is 5.32 Å². The van der Waals surface area contributed by atoms with Crippen LogP contribution in [0, 0.1) is 17.8 Å². The van der Waals surface area contributed by atoms with Crippen molar-refractivity contribution in [1.29, 1.82) is 0 Å². The molecule has 1 aliphatic heterocycles. The largest absolute Gasteiger partial charge is 0.313 e. The summed E-state index contributed by atoms with van der Waals surface area (Å²) in [5, 5.41) is 3.70. The van der Waals surface area contributed by atoms with E-state index in [0.717, 1.165) is 29.8 Å². The molecule has 104 valence electrons. The predicted octanol–water partition coefficient (Wildman–Crippen LogP) is 2.89. The van der Waals surface area contributed by atoms with Crippen molar-refractivity contribution in [3.8, 4) is 0 Å². The van der Waals surface area contributed by atoms with Crippen LogP contribution in [0.1, 0.15) is 52.4 Å². The molecule has 18 heavy (non-hydrogen) atoms. The van der Waals surface area contributed by atoms with Gasteiger partial charge in [0.1, 0.15) is 0 Å². The van der Waals surface area contributed by atoms with Gasteiger partial charge in [-0.25, -0.2) is 0 Å². The van der Waals surface area contributed by atoms with Gasteiger partial charge in [0.2, 0.25) is 0 Å². The van der Waals surface area contributed by atoms with Gasteiger partial charge in [0, 0.05) is 18.6 Å². The molecule has 2 bridgehead atoms. The van der Waals surface area contributed by atoms with Crippen LogP contribution in [0.4, 0.5) is 0 Å². The minimum Gasteiger partial charge on any atom is -0.313 e. The summed E-state index contributed by atoms with van der Waals surface area (Å²) in [6, 6.07) is 1.56. The lowest BCUT2D eigenvalue weighted by atomic mass is 9.83. The number of nitrogens with zero attached hydrogens (tertiary/aromatic N) is 1. The molecule has 2 nitrogen and oxygen atoms in total. The minimum absolute atomic E-state index is 0.730. The fraction of sp³-hybridized carbons (Fsp3) is 1.00. The van der Waals surface area contributed by atoms with Crippen molar-refractivity contribution in [2.24, 2.45) is 17.8 Å². The highest BCUT2D eigenvalue weighted by Crippen LogP contribution is 2.50. The molecule has 0 aromatic heterocycles. The highest BCUT2D eigenvalue weighted by Gasteiger charge is 2.43. The molecule has 3 fully saturated rings. The van der Waals surface area contributed by atoms with Gasteiger partial charge in [-0.15, -0.1) is 0 Å².